The summed E-state index contributed by atoms with van der Waals surface area (Å²) in [5.74, 6) is 0.968. The molecule has 1 amide bonds. The fourth-order valence-electron chi connectivity index (χ4n) is 2.59. The van der Waals surface area contributed by atoms with E-state index in [2.05, 4.69) is 5.32 Å². The molecule has 0 saturated carbocycles. The maximum Gasteiger partial charge on any atom is 0.226 e. The molecule has 1 saturated heterocycles. The van der Waals surface area contributed by atoms with Crippen LogP contribution < -0.4 is 10.2 Å². The highest BCUT2D eigenvalue weighted by Gasteiger charge is 2.19. The van der Waals surface area contributed by atoms with Crippen LogP contribution in [-0.2, 0) is 4.79 Å². The average Bonchev–Trinajstić information content (AvgIpc) is 2.90. The molecule has 4 nitrogen and oxygen atoms in total. The molecule has 1 heterocycles. The van der Waals surface area contributed by atoms with E-state index in [1.54, 1.807) is 23.1 Å². The van der Waals surface area contributed by atoms with Gasteiger partial charge in [-0.1, -0.05) is 6.07 Å². The van der Waals surface area contributed by atoms with Crippen molar-refractivity contribution in [1.29, 1.82) is 0 Å². The van der Waals surface area contributed by atoms with E-state index in [9.17, 15) is 9.90 Å². The predicted molar refractivity (Wildman–Crippen MR) is 76.3 cm³/mol. The number of phenols is 1. The predicted octanol–water partition coefficient (Wildman–Crippen LogP) is 2.13. The van der Waals surface area contributed by atoms with Crippen molar-refractivity contribution in [3.63, 3.8) is 0 Å². The van der Waals surface area contributed by atoms with Crippen molar-refractivity contribution in [1.82, 2.24) is 5.32 Å². The third-order valence-electron chi connectivity index (χ3n) is 3.69. The van der Waals surface area contributed by atoms with Crippen molar-refractivity contribution >= 4 is 11.6 Å². The highest BCUT2D eigenvalue weighted by atomic mass is 16.3. The molecule has 1 fully saturated rings. The number of hydrogen-bond acceptors (Lipinski definition) is 3. The number of anilines is 1. The summed E-state index contributed by atoms with van der Waals surface area (Å²) in [5.41, 5.74) is 0.775. The monoisotopic (exact) mass is 262 g/mol. The number of rotatable bonds is 5. The van der Waals surface area contributed by atoms with Gasteiger partial charge in [0.15, 0.2) is 0 Å². The Balaban J connectivity index is 1.94. The molecule has 4 heteroatoms. The average molecular weight is 262 g/mol. The van der Waals surface area contributed by atoms with Crippen LogP contribution in [0.4, 0.5) is 5.69 Å². The number of nitrogens with one attached hydrogen (secondary N) is 1. The number of carbonyl (C=O) groups excluding carboxylic acids is 1. The molecule has 1 unspecified atom stereocenters. The first-order valence-electron chi connectivity index (χ1n) is 7.01. The second-order valence-electron chi connectivity index (χ2n) is 5.06. The van der Waals surface area contributed by atoms with Gasteiger partial charge in [0.05, 0.1) is 0 Å². The molecule has 19 heavy (non-hydrogen) atoms. The summed E-state index contributed by atoms with van der Waals surface area (Å²) < 4.78 is 0. The Labute approximate surface area is 114 Å². The summed E-state index contributed by atoms with van der Waals surface area (Å²) >= 11 is 0. The minimum Gasteiger partial charge on any atom is -0.508 e. The van der Waals surface area contributed by atoms with E-state index in [0.29, 0.717) is 18.9 Å². The molecular weight excluding hydrogens is 240 g/mol. The summed E-state index contributed by atoms with van der Waals surface area (Å²) in [4.78, 5) is 14.0. The van der Waals surface area contributed by atoms with Gasteiger partial charge in [-0.05, 0) is 50.9 Å². The van der Waals surface area contributed by atoms with Crippen molar-refractivity contribution < 1.29 is 9.90 Å². The van der Waals surface area contributed by atoms with E-state index >= 15 is 0 Å². The summed E-state index contributed by atoms with van der Waals surface area (Å²) in [6.45, 7) is 4.69. The molecule has 0 bridgehead atoms. The molecule has 1 aliphatic heterocycles. The van der Waals surface area contributed by atoms with E-state index < -0.39 is 0 Å². The molecule has 104 valence electrons. The van der Waals surface area contributed by atoms with Crippen LogP contribution >= 0.6 is 0 Å². The first-order chi connectivity index (χ1) is 9.20. The Hall–Kier alpha value is -1.55. The number of hydrogen-bond donors (Lipinski definition) is 2. The summed E-state index contributed by atoms with van der Waals surface area (Å²) in [6, 6.07) is 6.88. The summed E-state index contributed by atoms with van der Waals surface area (Å²) in [5, 5.41) is 12.8. The van der Waals surface area contributed by atoms with Crippen molar-refractivity contribution in [2.24, 2.45) is 5.92 Å². The molecule has 0 radical (unpaired) electrons. The topological polar surface area (TPSA) is 52.6 Å². The van der Waals surface area contributed by atoms with Crippen LogP contribution in [0.5, 0.6) is 5.75 Å². The van der Waals surface area contributed by atoms with Crippen LogP contribution in [0.1, 0.15) is 26.2 Å². The van der Waals surface area contributed by atoms with Crippen LogP contribution in [0.3, 0.4) is 0 Å². The second kappa shape index (κ2) is 6.57. The van der Waals surface area contributed by atoms with Gasteiger partial charge in [-0.15, -0.1) is 0 Å². The molecule has 1 aromatic carbocycles. The lowest BCUT2D eigenvalue weighted by Gasteiger charge is -2.22. The van der Waals surface area contributed by atoms with E-state index in [4.69, 9.17) is 0 Å². The molecule has 2 N–H and O–H groups in total. The van der Waals surface area contributed by atoms with Crippen molar-refractivity contribution in [3.05, 3.63) is 24.3 Å². The Morgan fingerprint density at radius 1 is 1.53 bits per heavy atom. The van der Waals surface area contributed by atoms with Gasteiger partial charge in [0.1, 0.15) is 5.75 Å². The third kappa shape index (κ3) is 3.70. The number of amides is 1. The fourth-order valence-corrected chi connectivity index (χ4v) is 2.59. The van der Waals surface area contributed by atoms with Crippen LogP contribution in [0.2, 0.25) is 0 Å². The Bertz CT molecular complexity index is 428. The number of phenolic OH excluding ortho intramolecular Hbond substituents is 1. The summed E-state index contributed by atoms with van der Waals surface area (Å²) in [6.07, 6.45) is 2.70. The van der Waals surface area contributed by atoms with Gasteiger partial charge in [0, 0.05) is 24.7 Å². The van der Waals surface area contributed by atoms with Crippen LogP contribution in [0.15, 0.2) is 24.3 Å². The quantitative estimate of drug-likeness (QED) is 0.854. The smallest absolute Gasteiger partial charge is 0.226 e. The van der Waals surface area contributed by atoms with E-state index in [-0.39, 0.29) is 11.7 Å². The van der Waals surface area contributed by atoms with Crippen molar-refractivity contribution in [3.8, 4) is 5.75 Å². The molecular formula is C15H22N2O2. The maximum absolute atomic E-state index is 12.3. The number of aromatic hydroxyl groups is 1. The number of benzene rings is 1. The zero-order valence-corrected chi connectivity index (χ0v) is 11.4. The van der Waals surface area contributed by atoms with Crippen LogP contribution in [-0.4, -0.2) is 30.6 Å². The molecule has 1 atom stereocenters. The van der Waals surface area contributed by atoms with Crippen LogP contribution in [0.25, 0.3) is 0 Å². The fraction of sp³-hybridized carbons (Fsp3) is 0.533. The van der Waals surface area contributed by atoms with Gasteiger partial charge in [-0.25, -0.2) is 0 Å². The van der Waals surface area contributed by atoms with Crippen molar-refractivity contribution in [2.75, 3.05) is 24.5 Å². The van der Waals surface area contributed by atoms with Gasteiger partial charge < -0.3 is 15.3 Å². The maximum atomic E-state index is 12.3. The highest BCUT2D eigenvalue weighted by molar-refractivity contribution is 5.93. The standard InChI is InChI=1S/C15H22N2O2/c1-2-17(13-4-3-5-14(18)10-13)15(19)7-6-12-8-9-16-11-12/h3-5,10,12,16,18H,2,6-9,11H2,1H3. The molecule has 1 aliphatic rings. The van der Waals surface area contributed by atoms with E-state index in [1.165, 1.54) is 6.42 Å². The Kier molecular flexibility index (Phi) is 4.80. The molecule has 2 rings (SSSR count). The van der Waals surface area contributed by atoms with E-state index in [1.807, 2.05) is 13.0 Å². The van der Waals surface area contributed by atoms with Gasteiger partial charge in [-0.2, -0.15) is 0 Å². The lowest BCUT2D eigenvalue weighted by Crippen LogP contribution is -2.30. The Morgan fingerprint density at radius 3 is 3.00 bits per heavy atom. The lowest BCUT2D eigenvalue weighted by molar-refractivity contribution is -0.118. The van der Waals surface area contributed by atoms with Crippen molar-refractivity contribution in [2.45, 2.75) is 26.2 Å². The SMILES string of the molecule is CCN(C(=O)CCC1CCNC1)c1cccc(O)c1. The van der Waals surface area contributed by atoms with Gasteiger partial charge in [0.2, 0.25) is 5.91 Å². The highest BCUT2D eigenvalue weighted by Crippen LogP contribution is 2.22. The minimum absolute atomic E-state index is 0.139. The van der Waals surface area contributed by atoms with E-state index in [0.717, 1.165) is 25.2 Å². The van der Waals surface area contributed by atoms with Gasteiger partial charge in [0.25, 0.3) is 0 Å². The van der Waals surface area contributed by atoms with Gasteiger partial charge >= 0.3 is 0 Å². The molecule has 0 aliphatic carbocycles. The largest absolute Gasteiger partial charge is 0.508 e. The Morgan fingerprint density at radius 2 is 2.37 bits per heavy atom. The zero-order chi connectivity index (χ0) is 13.7. The number of nitrogens with zero attached hydrogens (tertiary/aromatic N) is 1. The van der Waals surface area contributed by atoms with Crippen LogP contribution in [0, 0.1) is 5.92 Å². The summed E-state index contributed by atoms with van der Waals surface area (Å²) in [7, 11) is 0. The molecule has 0 aromatic heterocycles. The first-order valence-corrected chi connectivity index (χ1v) is 7.01. The minimum atomic E-state index is 0.139. The number of carbonyl (C=O) groups is 1. The normalized spacial score (nSPS) is 18.5. The second-order valence-corrected chi connectivity index (χ2v) is 5.06. The first kappa shape index (κ1) is 13.9. The lowest BCUT2D eigenvalue weighted by atomic mass is 10.0. The van der Waals surface area contributed by atoms with Gasteiger partial charge in [-0.3, -0.25) is 4.79 Å². The third-order valence-corrected chi connectivity index (χ3v) is 3.69. The molecule has 1 aromatic rings. The molecule has 0 spiro atoms. The zero-order valence-electron chi connectivity index (χ0n) is 11.4.